The van der Waals surface area contributed by atoms with Crippen LogP contribution in [-0.2, 0) is 6.54 Å². The molecular formula is C21H25N5O3. The molecule has 0 unspecified atom stereocenters. The van der Waals surface area contributed by atoms with Gasteiger partial charge in [0.1, 0.15) is 17.2 Å². The summed E-state index contributed by atoms with van der Waals surface area (Å²) in [5.74, 6) is 1.90. The topological polar surface area (TPSA) is 85.3 Å². The van der Waals surface area contributed by atoms with Crippen molar-refractivity contribution in [2.24, 2.45) is 5.92 Å². The number of nitrogens with zero attached hydrogens (tertiary/aromatic N) is 4. The first-order valence-corrected chi connectivity index (χ1v) is 9.72. The average molecular weight is 395 g/mol. The summed E-state index contributed by atoms with van der Waals surface area (Å²) < 4.78 is 12.7. The number of methoxy groups -OCH3 is 2. The van der Waals surface area contributed by atoms with Crippen LogP contribution in [0.5, 0.6) is 11.5 Å². The molecule has 1 aliphatic rings. The molecule has 2 aromatic heterocycles. The molecule has 1 amide bonds. The Bertz CT molecular complexity index is 959. The third-order valence-electron chi connectivity index (χ3n) is 5.40. The lowest BCUT2D eigenvalue weighted by molar-refractivity contribution is 0.0675. The number of carbonyl (C=O) groups excluding carboxylic acids is 1. The minimum atomic E-state index is -0.0249. The Morgan fingerprint density at radius 3 is 2.72 bits per heavy atom. The maximum Gasteiger partial charge on any atom is 0.271 e. The summed E-state index contributed by atoms with van der Waals surface area (Å²) in [7, 11) is 3.22. The van der Waals surface area contributed by atoms with Crippen LogP contribution in [0, 0.1) is 5.92 Å². The minimum Gasteiger partial charge on any atom is -0.497 e. The lowest BCUT2D eigenvalue weighted by Crippen LogP contribution is -2.39. The molecular weight excluding hydrogens is 370 g/mol. The summed E-state index contributed by atoms with van der Waals surface area (Å²) in [6, 6.07) is 9.22. The Hall–Kier alpha value is -3.29. The third kappa shape index (κ3) is 4.11. The van der Waals surface area contributed by atoms with Crippen LogP contribution in [0.1, 0.15) is 23.3 Å². The number of hydrogen-bond donors (Lipinski definition) is 1. The van der Waals surface area contributed by atoms with Gasteiger partial charge in [-0.25, -0.2) is 0 Å². The van der Waals surface area contributed by atoms with E-state index in [2.05, 4.69) is 15.3 Å². The summed E-state index contributed by atoms with van der Waals surface area (Å²) in [5, 5.41) is 11.5. The highest BCUT2D eigenvalue weighted by Gasteiger charge is 2.25. The van der Waals surface area contributed by atoms with Crippen molar-refractivity contribution in [3.63, 3.8) is 0 Å². The normalized spacial score (nSPS) is 14.8. The van der Waals surface area contributed by atoms with Gasteiger partial charge in [0.2, 0.25) is 0 Å². The summed E-state index contributed by atoms with van der Waals surface area (Å²) in [6.45, 7) is 2.38. The van der Waals surface area contributed by atoms with Crippen molar-refractivity contribution in [2.75, 3.05) is 27.3 Å². The van der Waals surface area contributed by atoms with E-state index in [1.54, 1.807) is 26.5 Å². The van der Waals surface area contributed by atoms with Crippen molar-refractivity contribution in [1.82, 2.24) is 24.9 Å². The molecule has 0 aliphatic carbocycles. The first kappa shape index (κ1) is 19.0. The number of H-pyrrole nitrogens is 1. The number of benzene rings is 1. The van der Waals surface area contributed by atoms with Crippen molar-refractivity contribution >= 4 is 5.91 Å². The standard InChI is InChI=1S/C21H25N5O3/c1-28-16-4-5-20(29-2)17(12-16)18-13-19(24-23-18)21(27)25-10-6-15(7-11-25)14-26-9-3-8-22-26/h3-5,8-9,12-13,15H,6-7,10-11,14H2,1-2H3,(H,23,24). The molecule has 0 spiro atoms. The van der Waals surface area contributed by atoms with Crippen LogP contribution in [0.2, 0.25) is 0 Å². The third-order valence-corrected chi connectivity index (χ3v) is 5.40. The number of carbonyl (C=O) groups is 1. The predicted octanol–water partition coefficient (Wildman–Crippen LogP) is 2.84. The smallest absolute Gasteiger partial charge is 0.271 e. The lowest BCUT2D eigenvalue weighted by atomic mass is 9.96. The van der Waals surface area contributed by atoms with E-state index < -0.39 is 0 Å². The molecule has 1 saturated heterocycles. The van der Waals surface area contributed by atoms with E-state index in [0.29, 0.717) is 28.8 Å². The Balaban J connectivity index is 1.43. The van der Waals surface area contributed by atoms with Gasteiger partial charge in [0.15, 0.2) is 0 Å². The molecule has 0 atom stereocenters. The fraction of sp³-hybridized carbons (Fsp3) is 0.381. The Morgan fingerprint density at radius 2 is 2.03 bits per heavy atom. The minimum absolute atomic E-state index is 0.0249. The molecule has 3 aromatic rings. The summed E-state index contributed by atoms with van der Waals surface area (Å²) >= 11 is 0. The van der Waals surface area contributed by atoms with Crippen LogP contribution >= 0.6 is 0 Å². The number of piperidine rings is 1. The SMILES string of the molecule is COc1ccc(OC)c(-c2cc(C(=O)N3CCC(Cn4cccn4)CC3)[nH]n2)c1. The van der Waals surface area contributed by atoms with Crippen LogP contribution in [0.25, 0.3) is 11.3 Å². The zero-order valence-corrected chi connectivity index (χ0v) is 16.7. The maximum atomic E-state index is 12.9. The molecule has 29 heavy (non-hydrogen) atoms. The fourth-order valence-electron chi connectivity index (χ4n) is 3.75. The van der Waals surface area contributed by atoms with Gasteiger partial charge in [-0.05, 0) is 49.1 Å². The molecule has 1 fully saturated rings. The Kier molecular flexibility index (Phi) is 5.50. The molecule has 1 aliphatic heterocycles. The van der Waals surface area contributed by atoms with Crippen molar-refractivity contribution < 1.29 is 14.3 Å². The molecule has 3 heterocycles. The quantitative estimate of drug-likeness (QED) is 0.694. The van der Waals surface area contributed by atoms with Gasteiger partial charge in [0.05, 0.1) is 19.9 Å². The number of rotatable bonds is 6. The van der Waals surface area contributed by atoms with Crippen LogP contribution in [0.15, 0.2) is 42.7 Å². The summed E-state index contributed by atoms with van der Waals surface area (Å²) in [4.78, 5) is 14.8. The second-order valence-electron chi connectivity index (χ2n) is 7.20. The van der Waals surface area contributed by atoms with E-state index in [1.165, 1.54) is 0 Å². The number of amides is 1. The van der Waals surface area contributed by atoms with Gasteiger partial charge < -0.3 is 14.4 Å². The molecule has 0 saturated carbocycles. The number of aromatic nitrogens is 4. The summed E-state index contributed by atoms with van der Waals surface area (Å²) in [5.41, 5.74) is 1.91. The number of likely N-dealkylation sites (tertiary alicyclic amines) is 1. The Morgan fingerprint density at radius 1 is 1.21 bits per heavy atom. The van der Waals surface area contributed by atoms with E-state index in [-0.39, 0.29) is 5.91 Å². The van der Waals surface area contributed by atoms with Gasteiger partial charge in [0, 0.05) is 37.6 Å². The molecule has 0 bridgehead atoms. The second-order valence-corrected chi connectivity index (χ2v) is 7.20. The van der Waals surface area contributed by atoms with Crippen LogP contribution < -0.4 is 9.47 Å². The Labute approximate surface area is 169 Å². The van der Waals surface area contributed by atoms with Crippen LogP contribution in [0.4, 0.5) is 0 Å². The number of ether oxygens (including phenoxy) is 2. The molecule has 4 rings (SSSR count). The van der Waals surface area contributed by atoms with Crippen molar-refractivity contribution in [3.05, 3.63) is 48.4 Å². The van der Waals surface area contributed by atoms with Crippen molar-refractivity contribution in [3.8, 4) is 22.8 Å². The van der Waals surface area contributed by atoms with Crippen molar-refractivity contribution in [1.29, 1.82) is 0 Å². The van der Waals surface area contributed by atoms with Gasteiger partial charge in [0.25, 0.3) is 5.91 Å². The van der Waals surface area contributed by atoms with E-state index in [0.717, 1.165) is 38.0 Å². The van der Waals surface area contributed by atoms with Crippen molar-refractivity contribution in [2.45, 2.75) is 19.4 Å². The zero-order valence-electron chi connectivity index (χ0n) is 16.7. The molecule has 152 valence electrons. The maximum absolute atomic E-state index is 12.9. The number of nitrogens with one attached hydrogen (secondary N) is 1. The van der Waals surface area contributed by atoms with E-state index >= 15 is 0 Å². The highest BCUT2D eigenvalue weighted by atomic mass is 16.5. The molecule has 0 radical (unpaired) electrons. The summed E-state index contributed by atoms with van der Waals surface area (Å²) in [6.07, 6.45) is 5.72. The zero-order chi connectivity index (χ0) is 20.2. The van der Waals surface area contributed by atoms with E-state index in [1.807, 2.05) is 40.0 Å². The molecule has 1 aromatic carbocycles. The van der Waals surface area contributed by atoms with E-state index in [9.17, 15) is 4.79 Å². The highest BCUT2D eigenvalue weighted by Crippen LogP contribution is 2.32. The number of aromatic amines is 1. The van der Waals surface area contributed by atoms with Gasteiger partial charge in [-0.3, -0.25) is 14.6 Å². The first-order valence-electron chi connectivity index (χ1n) is 9.72. The highest BCUT2D eigenvalue weighted by molar-refractivity contribution is 5.93. The number of hydrogen-bond acceptors (Lipinski definition) is 5. The van der Waals surface area contributed by atoms with Gasteiger partial charge in [-0.1, -0.05) is 0 Å². The monoisotopic (exact) mass is 395 g/mol. The molecule has 8 nitrogen and oxygen atoms in total. The predicted molar refractivity (Wildman–Crippen MR) is 108 cm³/mol. The van der Waals surface area contributed by atoms with Crippen LogP contribution in [-0.4, -0.2) is 58.1 Å². The largest absolute Gasteiger partial charge is 0.497 e. The fourth-order valence-corrected chi connectivity index (χ4v) is 3.75. The van der Waals surface area contributed by atoms with Crippen LogP contribution in [0.3, 0.4) is 0 Å². The first-order chi connectivity index (χ1) is 14.2. The molecule has 8 heteroatoms. The van der Waals surface area contributed by atoms with Gasteiger partial charge in [-0.2, -0.15) is 10.2 Å². The lowest BCUT2D eigenvalue weighted by Gasteiger charge is -2.31. The van der Waals surface area contributed by atoms with Gasteiger partial charge in [-0.15, -0.1) is 0 Å². The van der Waals surface area contributed by atoms with Gasteiger partial charge >= 0.3 is 0 Å². The molecule has 1 N–H and O–H groups in total. The second kappa shape index (κ2) is 8.38. The van der Waals surface area contributed by atoms with E-state index in [4.69, 9.17) is 9.47 Å². The average Bonchev–Trinajstić information content (AvgIpc) is 3.45.